The van der Waals surface area contributed by atoms with Crippen LogP contribution in [0.3, 0.4) is 0 Å². The van der Waals surface area contributed by atoms with Gasteiger partial charge in [0.1, 0.15) is 6.04 Å². The van der Waals surface area contributed by atoms with Crippen molar-refractivity contribution in [2.24, 2.45) is 0 Å². The number of carbonyl (C=O) groups is 1. The molecule has 1 heterocycles. The fraction of sp³-hybridized carbons (Fsp3) is 0.500. The van der Waals surface area contributed by atoms with Crippen LogP contribution in [0.5, 0.6) is 0 Å². The normalized spacial score (nSPS) is 17.1. The summed E-state index contributed by atoms with van der Waals surface area (Å²) in [4.78, 5) is 14.2. The lowest BCUT2D eigenvalue weighted by Crippen LogP contribution is -2.43. The van der Waals surface area contributed by atoms with Gasteiger partial charge in [0.15, 0.2) is 0 Å². The summed E-state index contributed by atoms with van der Waals surface area (Å²) in [7, 11) is 0. The number of nitrogens with one attached hydrogen (secondary N) is 1. The van der Waals surface area contributed by atoms with E-state index in [2.05, 4.69) is 21.2 Å². The molecule has 104 valence electrons. The summed E-state index contributed by atoms with van der Waals surface area (Å²) in [5, 5.41) is 3.20. The summed E-state index contributed by atoms with van der Waals surface area (Å²) in [6.07, 6.45) is 3.44. The maximum atomic E-state index is 12.3. The van der Waals surface area contributed by atoms with Crippen LogP contribution in [-0.2, 0) is 4.79 Å². The number of benzene rings is 1. The van der Waals surface area contributed by atoms with Gasteiger partial charge in [0.2, 0.25) is 5.91 Å². The Morgan fingerprint density at radius 2 is 2.05 bits per heavy atom. The molecule has 1 aromatic carbocycles. The Bertz CT molecular complexity index is 458. The van der Waals surface area contributed by atoms with Crippen molar-refractivity contribution in [3.8, 4) is 0 Å². The van der Waals surface area contributed by atoms with Crippen molar-refractivity contribution in [2.45, 2.75) is 32.2 Å². The molecule has 1 atom stereocenters. The molecule has 0 spiro atoms. The van der Waals surface area contributed by atoms with Crippen molar-refractivity contribution in [1.29, 1.82) is 0 Å². The Hall–Kier alpha value is -1.23. The van der Waals surface area contributed by atoms with Crippen LogP contribution in [0, 0.1) is 0 Å². The predicted molar refractivity (Wildman–Crippen MR) is 82.1 cm³/mol. The standard InChI is InChI=1S/C14H20BrN3O/c1-10(14(19)18-7-3-2-4-8-18)17-13-9-11(15)5-6-12(13)16/h5-6,9-10,17H,2-4,7-8,16H2,1H3. The Morgan fingerprint density at radius 3 is 2.74 bits per heavy atom. The van der Waals surface area contributed by atoms with Gasteiger partial charge in [-0.3, -0.25) is 4.79 Å². The summed E-state index contributed by atoms with van der Waals surface area (Å²) < 4.78 is 0.946. The number of nitrogens with two attached hydrogens (primary N) is 1. The number of nitrogens with zero attached hydrogens (tertiary/aromatic N) is 1. The Kier molecular flexibility index (Phi) is 4.69. The molecule has 1 aliphatic heterocycles. The molecule has 1 fully saturated rings. The average Bonchev–Trinajstić information content (AvgIpc) is 2.43. The largest absolute Gasteiger partial charge is 0.397 e. The molecular formula is C14H20BrN3O. The first-order valence-electron chi connectivity index (χ1n) is 6.68. The molecule has 19 heavy (non-hydrogen) atoms. The van der Waals surface area contributed by atoms with E-state index in [1.165, 1.54) is 6.42 Å². The highest BCUT2D eigenvalue weighted by atomic mass is 79.9. The maximum absolute atomic E-state index is 12.3. The highest BCUT2D eigenvalue weighted by Gasteiger charge is 2.22. The van der Waals surface area contributed by atoms with Crippen molar-refractivity contribution in [2.75, 3.05) is 24.1 Å². The first kappa shape index (κ1) is 14.2. The zero-order valence-corrected chi connectivity index (χ0v) is 12.7. The Morgan fingerprint density at radius 1 is 1.37 bits per heavy atom. The van der Waals surface area contributed by atoms with E-state index in [1.807, 2.05) is 30.0 Å². The van der Waals surface area contributed by atoms with Gasteiger partial charge in [-0.1, -0.05) is 15.9 Å². The monoisotopic (exact) mass is 325 g/mol. The molecule has 1 aromatic rings. The maximum Gasteiger partial charge on any atom is 0.244 e. The van der Waals surface area contributed by atoms with E-state index < -0.39 is 0 Å². The predicted octanol–water partition coefficient (Wildman–Crippen LogP) is 2.84. The number of hydrogen-bond donors (Lipinski definition) is 2. The second-order valence-corrected chi connectivity index (χ2v) is 5.90. The number of nitrogen functional groups attached to an aromatic ring is 1. The molecular weight excluding hydrogens is 306 g/mol. The van der Waals surface area contributed by atoms with Crippen LogP contribution in [0.15, 0.2) is 22.7 Å². The van der Waals surface area contributed by atoms with Gasteiger partial charge in [-0.05, 0) is 44.4 Å². The highest BCUT2D eigenvalue weighted by Crippen LogP contribution is 2.24. The molecule has 3 N–H and O–H groups in total. The lowest BCUT2D eigenvalue weighted by molar-refractivity contribution is -0.132. The van der Waals surface area contributed by atoms with Gasteiger partial charge in [0, 0.05) is 17.6 Å². The zero-order valence-electron chi connectivity index (χ0n) is 11.2. The molecule has 0 aliphatic carbocycles. The van der Waals surface area contributed by atoms with Crippen molar-refractivity contribution >= 4 is 33.2 Å². The van der Waals surface area contributed by atoms with Crippen LogP contribution in [-0.4, -0.2) is 29.9 Å². The summed E-state index contributed by atoms with van der Waals surface area (Å²) in [6, 6.07) is 5.35. The summed E-state index contributed by atoms with van der Waals surface area (Å²) >= 11 is 3.41. The van der Waals surface area contributed by atoms with E-state index in [1.54, 1.807) is 0 Å². The van der Waals surface area contributed by atoms with E-state index >= 15 is 0 Å². The zero-order chi connectivity index (χ0) is 13.8. The SMILES string of the molecule is CC(Nc1cc(Br)ccc1N)C(=O)N1CCCCC1. The number of anilines is 2. The molecule has 0 bridgehead atoms. The van der Waals surface area contributed by atoms with E-state index in [0.29, 0.717) is 5.69 Å². The topological polar surface area (TPSA) is 58.4 Å². The number of amides is 1. The Labute approximate surface area is 122 Å². The number of carbonyl (C=O) groups excluding carboxylic acids is 1. The van der Waals surface area contributed by atoms with Gasteiger partial charge in [0.25, 0.3) is 0 Å². The molecule has 1 amide bonds. The van der Waals surface area contributed by atoms with E-state index in [-0.39, 0.29) is 11.9 Å². The van der Waals surface area contributed by atoms with Crippen molar-refractivity contribution in [1.82, 2.24) is 4.90 Å². The average molecular weight is 326 g/mol. The third-order valence-corrected chi connectivity index (χ3v) is 3.92. The second-order valence-electron chi connectivity index (χ2n) is 4.98. The second kappa shape index (κ2) is 6.28. The van der Waals surface area contributed by atoms with Gasteiger partial charge >= 0.3 is 0 Å². The molecule has 1 saturated heterocycles. The van der Waals surface area contributed by atoms with Crippen LogP contribution in [0.1, 0.15) is 26.2 Å². The molecule has 2 rings (SSSR count). The number of hydrogen-bond acceptors (Lipinski definition) is 3. The Balaban J connectivity index is 2.01. The van der Waals surface area contributed by atoms with Crippen molar-refractivity contribution in [3.63, 3.8) is 0 Å². The molecule has 0 radical (unpaired) electrons. The van der Waals surface area contributed by atoms with E-state index in [9.17, 15) is 4.79 Å². The lowest BCUT2D eigenvalue weighted by Gasteiger charge is -2.30. The van der Waals surface area contributed by atoms with Gasteiger partial charge in [-0.15, -0.1) is 0 Å². The van der Waals surface area contributed by atoms with Crippen LogP contribution >= 0.6 is 15.9 Å². The van der Waals surface area contributed by atoms with Crippen LogP contribution < -0.4 is 11.1 Å². The van der Waals surface area contributed by atoms with Crippen molar-refractivity contribution < 1.29 is 4.79 Å². The number of piperidine rings is 1. The molecule has 0 aromatic heterocycles. The first-order valence-corrected chi connectivity index (χ1v) is 7.47. The first-order chi connectivity index (χ1) is 9.08. The number of rotatable bonds is 3. The molecule has 0 saturated carbocycles. The van der Waals surface area contributed by atoms with Gasteiger partial charge in [-0.25, -0.2) is 0 Å². The van der Waals surface area contributed by atoms with Crippen molar-refractivity contribution in [3.05, 3.63) is 22.7 Å². The third kappa shape index (κ3) is 3.62. The van der Waals surface area contributed by atoms with Gasteiger partial charge in [-0.2, -0.15) is 0 Å². The van der Waals surface area contributed by atoms with Crippen LogP contribution in [0.2, 0.25) is 0 Å². The smallest absolute Gasteiger partial charge is 0.244 e. The highest BCUT2D eigenvalue weighted by molar-refractivity contribution is 9.10. The fourth-order valence-electron chi connectivity index (χ4n) is 2.34. The minimum absolute atomic E-state index is 0.152. The summed E-state index contributed by atoms with van der Waals surface area (Å²) in [5.41, 5.74) is 7.36. The number of likely N-dealkylation sites (tertiary alicyclic amines) is 1. The molecule has 1 aliphatic rings. The van der Waals surface area contributed by atoms with Gasteiger partial charge < -0.3 is 16.0 Å². The number of halogens is 1. The van der Waals surface area contributed by atoms with Crippen LogP contribution in [0.25, 0.3) is 0 Å². The molecule has 4 nitrogen and oxygen atoms in total. The van der Waals surface area contributed by atoms with Gasteiger partial charge in [0.05, 0.1) is 11.4 Å². The fourth-order valence-corrected chi connectivity index (χ4v) is 2.70. The van der Waals surface area contributed by atoms with E-state index in [0.717, 1.165) is 36.1 Å². The summed E-state index contributed by atoms with van der Waals surface area (Å²) in [5.74, 6) is 0.152. The van der Waals surface area contributed by atoms with Crippen LogP contribution in [0.4, 0.5) is 11.4 Å². The summed E-state index contributed by atoms with van der Waals surface area (Å²) in [6.45, 7) is 3.63. The van der Waals surface area contributed by atoms with E-state index in [4.69, 9.17) is 5.73 Å². The lowest BCUT2D eigenvalue weighted by atomic mass is 10.1. The molecule has 1 unspecified atom stereocenters. The quantitative estimate of drug-likeness (QED) is 0.840. The minimum Gasteiger partial charge on any atom is -0.397 e. The third-order valence-electron chi connectivity index (χ3n) is 3.43. The molecule has 5 heteroatoms. The minimum atomic E-state index is -0.255.